The zero-order chi connectivity index (χ0) is 21.1. The largest absolute Gasteiger partial charge is 0.357 e. The van der Waals surface area contributed by atoms with E-state index in [1.165, 1.54) is 12.1 Å². The van der Waals surface area contributed by atoms with Crippen molar-refractivity contribution < 1.29 is 9.18 Å². The molecule has 0 unspecified atom stereocenters. The summed E-state index contributed by atoms with van der Waals surface area (Å²) in [6.07, 6.45) is 3.54. The zero-order valence-electron chi connectivity index (χ0n) is 17.8. The van der Waals surface area contributed by atoms with Crippen molar-refractivity contribution in [3.63, 3.8) is 0 Å². The fourth-order valence-electron chi connectivity index (χ4n) is 3.28. The van der Waals surface area contributed by atoms with Gasteiger partial charge >= 0.3 is 0 Å². The molecule has 0 radical (unpaired) electrons. The molecule has 1 aromatic rings. The summed E-state index contributed by atoms with van der Waals surface area (Å²) in [6.45, 7) is 8.42. The van der Waals surface area contributed by atoms with Crippen LogP contribution in [0.25, 0.3) is 0 Å². The number of carbonyl (C=O) groups is 1. The van der Waals surface area contributed by atoms with Gasteiger partial charge in [0, 0.05) is 43.8 Å². The van der Waals surface area contributed by atoms with E-state index in [2.05, 4.69) is 32.8 Å². The summed E-state index contributed by atoms with van der Waals surface area (Å²) in [7, 11) is 0. The number of halogens is 3. The van der Waals surface area contributed by atoms with Gasteiger partial charge in [-0.05, 0) is 50.3 Å². The van der Waals surface area contributed by atoms with Gasteiger partial charge in [0.2, 0.25) is 5.91 Å². The van der Waals surface area contributed by atoms with E-state index in [-0.39, 0.29) is 35.7 Å². The van der Waals surface area contributed by atoms with E-state index in [1.807, 2.05) is 6.92 Å². The van der Waals surface area contributed by atoms with Gasteiger partial charge in [-0.1, -0.05) is 24.6 Å². The standard InChI is InChI=1S/C21H33ClFN5O.HI/c1-3-10-25-20(29)15-28-12-8-18(9-13-28)27-21(24-4-2)26-11-7-16-5-6-17(23)14-19(16)22;/h5-6,14,18H,3-4,7-13,15H2,1-2H3,(H,25,29)(H2,24,26,27);1H. The average molecular weight is 554 g/mol. The normalized spacial score (nSPS) is 15.4. The highest BCUT2D eigenvalue weighted by Gasteiger charge is 2.21. The maximum absolute atomic E-state index is 13.2. The first-order chi connectivity index (χ1) is 14.0. The minimum atomic E-state index is -0.327. The molecule has 1 saturated heterocycles. The molecule has 1 heterocycles. The molecule has 0 atom stereocenters. The zero-order valence-corrected chi connectivity index (χ0v) is 20.9. The van der Waals surface area contributed by atoms with Crippen LogP contribution in [-0.4, -0.2) is 62.1 Å². The molecular formula is C21H34ClFIN5O. The Morgan fingerprint density at radius 2 is 2.00 bits per heavy atom. The molecule has 30 heavy (non-hydrogen) atoms. The summed E-state index contributed by atoms with van der Waals surface area (Å²) in [5.74, 6) is 0.559. The van der Waals surface area contributed by atoms with Crippen molar-refractivity contribution in [3.05, 3.63) is 34.6 Å². The Kier molecular flexibility index (Phi) is 13.3. The number of piperidine rings is 1. The van der Waals surface area contributed by atoms with Crippen molar-refractivity contribution in [3.8, 4) is 0 Å². The Balaban J connectivity index is 0.00000450. The molecule has 0 aliphatic carbocycles. The van der Waals surface area contributed by atoms with E-state index < -0.39 is 0 Å². The van der Waals surface area contributed by atoms with E-state index in [9.17, 15) is 9.18 Å². The Labute approximate surface area is 201 Å². The number of aliphatic imine (C=N–C) groups is 1. The van der Waals surface area contributed by atoms with E-state index in [0.717, 1.165) is 57.0 Å². The van der Waals surface area contributed by atoms with Crippen molar-refractivity contribution in [2.45, 2.75) is 45.6 Å². The van der Waals surface area contributed by atoms with Crippen LogP contribution in [0.15, 0.2) is 23.2 Å². The van der Waals surface area contributed by atoms with Crippen LogP contribution in [0.4, 0.5) is 4.39 Å². The lowest BCUT2D eigenvalue weighted by Gasteiger charge is -2.32. The molecule has 1 fully saturated rings. The third kappa shape index (κ3) is 9.78. The molecule has 1 aromatic carbocycles. The van der Waals surface area contributed by atoms with Crippen molar-refractivity contribution in [2.75, 3.05) is 39.3 Å². The predicted molar refractivity (Wildman–Crippen MR) is 132 cm³/mol. The van der Waals surface area contributed by atoms with Crippen LogP contribution in [0.3, 0.4) is 0 Å². The molecule has 1 aliphatic heterocycles. The highest BCUT2D eigenvalue weighted by Crippen LogP contribution is 2.17. The molecule has 0 aromatic heterocycles. The number of nitrogens with zero attached hydrogens (tertiary/aromatic N) is 2. The second-order valence-electron chi connectivity index (χ2n) is 7.29. The Bertz CT molecular complexity index is 683. The summed E-state index contributed by atoms with van der Waals surface area (Å²) in [4.78, 5) is 18.7. The van der Waals surface area contributed by atoms with Crippen molar-refractivity contribution in [2.24, 2.45) is 4.99 Å². The summed E-state index contributed by atoms with van der Waals surface area (Å²) in [6, 6.07) is 4.79. The molecule has 2 rings (SSSR count). The van der Waals surface area contributed by atoms with Crippen LogP contribution in [0.1, 0.15) is 38.7 Å². The van der Waals surface area contributed by atoms with Gasteiger partial charge < -0.3 is 16.0 Å². The summed E-state index contributed by atoms with van der Waals surface area (Å²) in [5.41, 5.74) is 0.891. The van der Waals surface area contributed by atoms with Gasteiger partial charge in [0.1, 0.15) is 5.82 Å². The lowest BCUT2D eigenvalue weighted by Crippen LogP contribution is -2.50. The van der Waals surface area contributed by atoms with Crippen LogP contribution in [-0.2, 0) is 11.2 Å². The number of carbonyl (C=O) groups excluding carboxylic acids is 1. The molecule has 1 amide bonds. The van der Waals surface area contributed by atoms with Gasteiger partial charge in [0.15, 0.2) is 5.96 Å². The number of hydrogen-bond donors (Lipinski definition) is 3. The molecule has 0 spiro atoms. The summed E-state index contributed by atoms with van der Waals surface area (Å²) < 4.78 is 13.2. The number of likely N-dealkylation sites (tertiary alicyclic amines) is 1. The topological polar surface area (TPSA) is 68.8 Å². The van der Waals surface area contributed by atoms with Gasteiger partial charge in [-0.15, -0.1) is 24.0 Å². The highest BCUT2D eigenvalue weighted by atomic mass is 127. The van der Waals surface area contributed by atoms with Gasteiger partial charge in [-0.2, -0.15) is 0 Å². The fraction of sp³-hybridized carbons (Fsp3) is 0.619. The number of amides is 1. The monoisotopic (exact) mass is 553 g/mol. The first-order valence-electron chi connectivity index (χ1n) is 10.5. The van der Waals surface area contributed by atoms with Gasteiger partial charge in [0.05, 0.1) is 6.54 Å². The van der Waals surface area contributed by atoms with Gasteiger partial charge in [-0.25, -0.2) is 4.39 Å². The van der Waals surface area contributed by atoms with Crippen LogP contribution in [0, 0.1) is 5.82 Å². The lowest BCUT2D eigenvalue weighted by atomic mass is 10.1. The van der Waals surface area contributed by atoms with Gasteiger partial charge in [-0.3, -0.25) is 14.7 Å². The van der Waals surface area contributed by atoms with Crippen molar-refractivity contribution in [1.29, 1.82) is 0 Å². The fourth-order valence-corrected chi connectivity index (χ4v) is 3.55. The van der Waals surface area contributed by atoms with Gasteiger partial charge in [0.25, 0.3) is 0 Å². The first kappa shape index (κ1) is 26.9. The first-order valence-corrected chi connectivity index (χ1v) is 10.9. The molecule has 9 heteroatoms. The molecule has 0 saturated carbocycles. The average Bonchev–Trinajstić information content (AvgIpc) is 2.69. The minimum absolute atomic E-state index is 0. The maximum Gasteiger partial charge on any atom is 0.234 e. The van der Waals surface area contributed by atoms with E-state index in [4.69, 9.17) is 11.6 Å². The van der Waals surface area contributed by atoms with Crippen LogP contribution < -0.4 is 16.0 Å². The summed E-state index contributed by atoms with van der Waals surface area (Å²) in [5, 5.41) is 10.1. The Morgan fingerprint density at radius 3 is 2.63 bits per heavy atom. The lowest BCUT2D eigenvalue weighted by molar-refractivity contribution is -0.122. The molecular weight excluding hydrogens is 520 g/mol. The van der Waals surface area contributed by atoms with Crippen LogP contribution >= 0.6 is 35.6 Å². The second-order valence-corrected chi connectivity index (χ2v) is 7.70. The maximum atomic E-state index is 13.2. The predicted octanol–water partition coefficient (Wildman–Crippen LogP) is 3.19. The molecule has 6 nitrogen and oxygen atoms in total. The van der Waals surface area contributed by atoms with Crippen molar-refractivity contribution in [1.82, 2.24) is 20.9 Å². The third-order valence-electron chi connectivity index (χ3n) is 4.88. The number of guanidine groups is 1. The second kappa shape index (κ2) is 14.8. The van der Waals surface area contributed by atoms with E-state index >= 15 is 0 Å². The molecule has 170 valence electrons. The van der Waals surface area contributed by atoms with E-state index in [1.54, 1.807) is 6.07 Å². The molecule has 1 aliphatic rings. The number of benzene rings is 1. The quantitative estimate of drug-likeness (QED) is 0.250. The molecule has 3 N–H and O–H groups in total. The third-order valence-corrected chi connectivity index (χ3v) is 5.23. The van der Waals surface area contributed by atoms with Crippen LogP contribution in [0.5, 0.6) is 0 Å². The van der Waals surface area contributed by atoms with Crippen LogP contribution in [0.2, 0.25) is 5.02 Å². The van der Waals surface area contributed by atoms with E-state index in [0.29, 0.717) is 30.6 Å². The highest BCUT2D eigenvalue weighted by molar-refractivity contribution is 14.0. The minimum Gasteiger partial charge on any atom is -0.357 e. The van der Waals surface area contributed by atoms with Crippen molar-refractivity contribution >= 4 is 47.4 Å². The number of nitrogens with one attached hydrogen (secondary N) is 3. The molecule has 0 bridgehead atoms. The Morgan fingerprint density at radius 1 is 1.27 bits per heavy atom. The SMILES string of the molecule is CCCNC(=O)CN1CCC(NC(=NCCc2ccc(F)cc2Cl)NCC)CC1.I. The summed E-state index contributed by atoms with van der Waals surface area (Å²) >= 11 is 6.09. The number of hydrogen-bond acceptors (Lipinski definition) is 3. The number of rotatable bonds is 9. The smallest absolute Gasteiger partial charge is 0.234 e. The Hall–Kier alpha value is -1.13.